The number of hydrogen-bond donors (Lipinski definition) is 0. The van der Waals surface area contributed by atoms with Crippen LogP contribution in [0.15, 0.2) is 79.9 Å². The molecular weight excluding hydrogens is 300 g/mol. The zero-order valence-corrected chi connectivity index (χ0v) is 13.7. The molecule has 2 rings (SSSR count). The average molecular weight is 322 g/mol. The van der Waals surface area contributed by atoms with Gasteiger partial charge < -0.3 is 9.47 Å². The normalized spacial score (nSPS) is 11.5. The minimum Gasteiger partial charge on any atom is -0.459 e. The van der Waals surface area contributed by atoms with E-state index >= 15 is 0 Å². The van der Waals surface area contributed by atoms with Gasteiger partial charge in [-0.15, -0.1) is 6.58 Å². The van der Waals surface area contributed by atoms with Crippen LogP contribution in [0.5, 0.6) is 0 Å². The van der Waals surface area contributed by atoms with Crippen LogP contribution in [0.1, 0.15) is 17.5 Å². The molecule has 2 aromatic carbocycles. The summed E-state index contributed by atoms with van der Waals surface area (Å²) in [5.74, 6) is -0.391. The molecule has 0 fully saturated rings. The lowest BCUT2D eigenvalue weighted by molar-refractivity contribution is -0.157. The molecule has 0 amide bonds. The monoisotopic (exact) mass is 322 g/mol. The Bertz CT molecular complexity index is 662. The Labute approximate surface area is 143 Å². The van der Waals surface area contributed by atoms with Crippen molar-refractivity contribution in [3.63, 3.8) is 0 Å². The first-order valence-electron chi connectivity index (χ1n) is 7.87. The predicted molar refractivity (Wildman–Crippen MR) is 96.3 cm³/mol. The molecule has 0 saturated carbocycles. The third-order valence-electron chi connectivity index (χ3n) is 3.52. The highest BCUT2D eigenvalue weighted by atomic mass is 16.6. The average Bonchev–Trinajstić information content (AvgIpc) is 2.64. The standard InChI is InChI=1S/C21H22O3/c1-3-14-23-20(15-17(2)19-12-8-5-9-13-19)21(22)24-16-18-10-6-4-7-11-18/h3-13,20H,1-2,14-16H2. The summed E-state index contributed by atoms with van der Waals surface area (Å²) in [7, 11) is 0. The Hall–Kier alpha value is -2.65. The Morgan fingerprint density at radius 2 is 1.67 bits per heavy atom. The smallest absolute Gasteiger partial charge is 0.335 e. The molecule has 0 aliphatic heterocycles. The van der Waals surface area contributed by atoms with Gasteiger partial charge in [0.15, 0.2) is 6.10 Å². The topological polar surface area (TPSA) is 35.5 Å². The SMILES string of the molecule is C=CCOC(CC(=C)c1ccccc1)C(=O)OCc1ccccc1. The Morgan fingerprint density at radius 1 is 1.04 bits per heavy atom. The molecule has 0 aliphatic carbocycles. The molecule has 3 nitrogen and oxygen atoms in total. The molecule has 24 heavy (non-hydrogen) atoms. The van der Waals surface area contributed by atoms with E-state index in [0.29, 0.717) is 6.42 Å². The van der Waals surface area contributed by atoms with E-state index in [-0.39, 0.29) is 13.2 Å². The van der Waals surface area contributed by atoms with Crippen molar-refractivity contribution in [2.24, 2.45) is 0 Å². The maximum atomic E-state index is 12.4. The van der Waals surface area contributed by atoms with Gasteiger partial charge in [0.05, 0.1) is 6.61 Å². The van der Waals surface area contributed by atoms with Crippen molar-refractivity contribution in [2.45, 2.75) is 19.1 Å². The van der Waals surface area contributed by atoms with Gasteiger partial charge in [0.2, 0.25) is 0 Å². The maximum absolute atomic E-state index is 12.4. The van der Waals surface area contributed by atoms with E-state index in [1.54, 1.807) is 6.08 Å². The highest BCUT2D eigenvalue weighted by molar-refractivity contribution is 5.78. The third kappa shape index (κ3) is 5.52. The van der Waals surface area contributed by atoms with Gasteiger partial charge in [0.1, 0.15) is 6.61 Å². The largest absolute Gasteiger partial charge is 0.459 e. The fraction of sp³-hybridized carbons (Fsp3) is 0.190. The molecule has 0 radical (unpaired) electrons. The number of carbonyl (C=O) groups is 1. The van der Waals surface area contributed by atoms with Crippen LogP contribution < -0.4 is 0 Å². The second-order valence-electron chi connectivity index (χ2n) is 5.38. The molecule has 124 valence electrons. The zero-order chi connectivity index (χ0) is 17.2. The lowest BCUT2D eigenvalue weighted by atomic mass is 10.0. The van der Waals surface area contributed by atoms with Crippen LogP contribution in [-0.4, -0.2) is 18.7 Å². The highest BCUT2D eigenvalue weighted by Crippen LogP contribution is 2.20. The van der Waals surface area contributed by atoms with Crippen LogP contribution in [0.3, 0.4) is 0 Å². The van der Waals surface area contributed by atoms with Crippen molar-refractivity contribution in [2.75, 3.05) is 6.61 Å². The van der Waals surface area contributed by atoms with E-state index in [1.165, 1.54) is 0 Å². The lowest BCUT2D eigenvalue weighted by Crippen LogP contribution is -2.27. The molecule has 0 bridgehead atoms. The van der Waals surface area contributed by atoms with Crippen LogP contribution in [0, 0.1) is 0 Å². The van der Waals surface area contributed by atoms with Gasteiger partial charge in [-0.05, 0) is 16.7 Å². The van der Waals surface area contributed by atoms with Crippen LogP contribution in [0.25, 0.3) is 5.57 Å². The van der Waals surface area contributed by atoms with Gasteiger partial charge >= 0.3 is 5.97 Å². The summed E-state index contributed by atoms with van der Waals surface area (Å²) >= 11 is 0. The van der Waals surface area contributed by atoms with Gasteiger partial charge in [-0.25, -0.2) is 4.79 Å². The first-order chi connectivity index (χ1) is 11.7. The van der Waals surface area contributed by atoms with Crippen molar-refractivity contribution in [3.8, 4) is 0 Å². The van der Waals surface area contributed by atoms with Crippen molar-refractivity contribution < 1.29 is 14.3 Å². The molecule has 0 spiro atoms. The summed E-state index contributed by atoms with van der Waals surface area (Å²) in [6, 6.07) is 19.3. The zero-order valence-electron chi connectivity index (χ0n) is 13.7. The summed E-state index contributed by atoms with van der Waals surface area (Å²) in [4.78, 5) is 12.4. The maximum Gasteiger partial charge on any atom is 0.335 e. The quantitative estimate of drug-likeness (QED) is 0.507. The van der Waals surface area contributed by atoms with E-state index in [2.05, 4.69) is 13.2 Å². The van der Waals surface area contributed by atoms with Gasteiger partial charge in [-0.3, -0.25) is 0 Å². The van der Waals surface area contributed by atoms with Crippen molar-refractivity contribution in [1.29, 1.82) is 0 Å². The minimum absolute atomic E-state index is 0.228. The van der Waals surface area contributed by atoms with Crippen molar-refractivity contribution in [1.82, 2.24) is 0 Å². The van der Waals surface area contributed by atoms with Crippen LogP contribution >= 0.6 is 0 Å². The number of esters is 1. The van der Waals surface area contributed by atoms with Gasteiger partial charge in [0, 0.05) is 6.42 Å². The van der Waals surface area contributed by atoms with Gasteiger partial charge in [-0.2, -0.15) is 0 Å². The molecule has 3 heteroatoms. The molecule has 0 aromatic heterocycles. The Kier molecular flexibility index (Phi) is 6.99. The van der Waals surface area contributed by atoms with E-state index in [1.807, 2.05) is 60.7 Å². The second-order valence-corrected chi connectivity index (χ2v) is 5.38. The van der Waals surface area contributed by atoms with Gasteiger partial charge in [0.25, 0.3) is 0 Å². The number of hydrogen-bond acceptors (Lipinski definition) is 3. The second kappa shape index (κ2) is 9.48. The van der Waals surface area contributed by atoms with E-state index in [0.717, 1.165) is 16.7 Å². The summed E-state index contributed by atoms with van der Waals surface area (Å²) in [5, 5.41) is 0. The predicted octanol–water partition coefficient (Wildman–Crippen LogP) is 4.40. The lowest BCUT2D eigenvalue weighted by Gasteiger charge is -2.17. The number of rotatable bonds is 9. The van der Waals surface area contributed by atoms with Gasteiger partial charge in [-0.1, -0.05) is 73.3 Å². The summed E-state index contributed by atoms with van der Waals surface area (Å²) in [6.45, 7) is 8.20. The summed E-state index contributed by atoms with van der Waals surface area (Å²) < 4.78 is 11.0. The fourth-order valence-electron chi connectivity index (χ4n) is 2.23. The summed E-state index contributed by atoms with van der Waals surface area (Å²) in [6.07, 6.45) is 1.30. The Balaban J connectivity index is 1.97. The first-order valence-corrected chi connectivity index (χ1v) is 7.87. The van der Waals surface area contributed by atoms with E-state index < -0.39 is 12.1 Å². The molecule has 0 saturated heterocycles. The molecule has 2 aromatic rings. The van der Waals surface area contributed by atoms with Crippen molar-refractivity contribution >= 4 is 11.5 Å². The van der Waals surface area contributed by atoms with Crippen molar-refractivity contribution in [3.05, 3.63) is 91.0 Å². The molecule has 0 aliphatic rings. The summed E-state index contributed by atoms with van der Waals surface area (Å²) in [5.41, 5.74) is 2.76. The van der Waals surface area contributed by atoms with Crippen LogP contribution in [-0.2, 0) is 20.9 Å². The van der Waals surface area contributed by atoms with E-state index in [9.17, 15) is 4.79 Å². The number of ether oxygens (including phenoxy) is 2. The fourth-order valence-corrected chi connectivity index (χ4v) is 2.23. The molecule has 1 unspecified atom stereocenters. The molecule has 0 N–H and O–H groups in total. The number of benzene rings is 2. The Morgan fingerprint density at radius 3 is 2.29 bits per heavy atom. The number of carbonyl (C=O) groups excluding carboxylic acids is 1. The highest BCUT2D eigenvalue weighted by Gasteiger charge is 2.22. The van der Waals surface area contributed by atoms with E-state index in [4.69, 9.17) is 9.47 Å². The minimum atomic E-state index is -0.695. The molecule has 1 atom stereocenters. The first kappa shape index (κ1) is 17.7. The van der Waals surface area contributed by atoms with Crippen LogP contribution in [0.4, 0.5) is 0 Å². The molecule has 0 heterocycles. The third-order valence-corrected chi connectivity index (χ3v) is 3.52. The molecular formula is C21H22O3. The van der Waals surface area contributed by atoms with Crippen LogP contribution in [0.2, 0.25) is 0 Å².